The summed E-state index contributed by atoms with van der Waals surface area (Å²) in [6.45, 7) is 8.24. The molecule has 104 valence electrons. The van der Waals surface area contributed by atoms with Crippen molar-refractivity contribution in [2.75, 3.05) is 0 Å². The van der Waals surface area contributed by atoms with Crippen LogP contribution in [0.2, 0.25) is 0 Å². The van der Waals surface area contributed by atoms with Crippen LogP contribution >= 0.6 is 0 Å². The van der Waals surface area contributed by atoms with E-state index in [1.807, 2.05) is 19.9 Å². The fourth-order valence-corrected chi connectivity index (χ4v) is 2.63. The van der Waals surface area contributed by atoms with Gasteiger partial charge in [0.05, 0.1) is 11.8 Å². The van der Waals surface area contributed by atoms with E-state index in [1.165, 1.54) is 6.33 Å². The van der Waals surface area contributed by atoms with Gasteiger partial charge in [-0.25, -0.2) is 4.52 Å². The van der Waals surface area contributed by atoms with Gasteiger partial charge in [0.25, 0.3) is 5.56 Å². The van der Waals surface area contributed by atoms with Gasteiger partial charge < -0.3 is 9.72 Å². The highest BCUT2D eigenvalue weighted by atomic mass is 16.5. The number of hydrogen-bond donors (Lipinski definition) is 1. The molecule has 3 rings (SSSR count). The van der Waals surface area contributed by atoms with Gasteiger partial charge in [-0.1, -0.05) is 20.8 Å². The molecule has 19 heavy (non-hydrogen) atoms. The molecule has 5 nitrogen and oxygen atoms in total. The molecule has 5 heteroatoms. The lowest BCUT2D eigenvalue weighted by Crippen LogP contribution is -2.14. The normalized spacial score (nSPS) is 26.2. The molecule has 1 saturated heterocycles. The summed E-state index contributed by atoms with van der Waals surface area (Å²) in [5, 5.41) is 4.19. The lowest BCUT2D eigenvalue weighted by atomic mass is 10.00. The third kappa shape index (κ3) is 2.42. The van der Waals surface area contributed by atoms with Crippen molar-refractivity contribution >= 4 is 5.52 Å². The molecule has 3 atom stereocenters. The summed E-state index contributed by atoms with van der Waals surface area (Å²) >= 11 is 0. The minimum absolute atomic E-state index is 0.0294. The molecule has 1 aliphatic heterocycles. The molecule has 0 amide bonds. The summed E-state index contributed by atoms with van der Waals surface area (Å²) in [5.74, 6) is 0.448. The van der Waals surface area contributed by atoms with Crippen molar-refractivity contribution in [1.29, 1.82) is 0 Å². The molecule has 2 aromatic rings. The Morgan fingerprint density at radius 3 is 2.74 bits per heavy atom. The van der Waals surface area contributed by atoms with Crippen LogP contribution < -0.4 is 5.56 Å². The van der Waals surface area contributed by atoms with E-state index in [1.54, 1.807) is 10.6 Å². The van der Waals surface area contributed by atoms with E-state index in [-0.39, 0.29) is 17.8 Å². The van der Waals surface area contributed by atoms with Gasteiger partial charge in [0.15, 0.2) is 0 Å². The number of nitrogens with zero attached hydrogens (tertiary/aromatic N) is 2. The van der Waals surface area contributed by atoms with E-state index in [0.717, 1.165) is 12.1 Å². The Labute approximate surface area is 112 Å². The van der Waals surface area contributed by atoms with Gasteiger partial charge in [-0.15, -0.1) is 0 Å². The Morgan fingerprint density at radius 1 is 1.37 bits per heavy atom. The van der Waals surface area contributed by atoms with E-state index in [4.69, 9.17) is 4.74 Å². The van der Waals surface area contributed by atoms with Crippen LogP contribution in [0.4, 0.5) is 0 Å². The Morgan fingerprint density at radius 2 is 2.11 bits per heavy atom. The Kier molecular flexibility index (Phi) is 4.04. The maximum atomic E-state index is 11.6. The monoisotopic (exact) mass is 263 g/mol. The largest absolute Gasteiger partial charge is 0.369 e. The van der Waals surface area contributed by atoms with Gasteiger partial charge in [-0.05, 0) is 31.4 Å². The third-order valence-corrected chi connectivity index (χ3v) is 3.38. The van der Waals surface area contributed by atoms with Crippen molar-refractivity contribution in [3.8, 4) is 0 Å². The Hall–Kier alpha value is -1.62. The lowest BCUT2D eigenvalue weighted by molar-refractivity contribution is 0.0415. The first-order chi connectivity index (χ1) is 9.16. The number of ether oxygens (including phenoxy) is 1. The van der Waals surface area contributed by atoms with E-state index >= 15 is 0 Å². The van der Waals surface area contributed by atoms with Gasteiger partial charge in [0.2, 0.25) is 0 Å². The van der Waals surface area contributed by atoms with Crippen LogP contribution in [0.1, 0.15) is 45.9 Å². The molecular formula is C14H21N3O2. The van der Waals surface area contributed by atoms with Crippen molar-refractivity contribution in [1.82, 2.24) is 14.6 Å². The minimum atomic E-state index is -0.120. The topological polar surface area (TPSA) is 59.4 Å². The standard InChI is InChI=1S/C12H15N3O2.C2H6/c1-7-5-8(2)17-11(7)9-3-4-10-12(16)13-6-14-15(9)10;1-2/h3-4,6-8,11H,5H2,1-2H3,(H,13,14,16);1-2H3. The van der Waals surface area contributed by atoms with Crippen LogP contribution in [0.15, 0.2) is 23.3 Å². The van der Waals surface area contributed by atoms with Crippen molar-refractivity contribution in [3.05, 3.63) is 34.5 Å². The zero-order chi connectivity index (χ0) is 14.0. The van der Waals surface area contributed by atoms with Crippen molar-refractivity contribution < 1.29 is 4.74 Å². The number of aromatic nitrogens is 3. The zero-order valence-corrected chi connectivity index (χ0v) is 11.9. The predicted octanol–water partition coefficient (Wildman–Crippen LogP) is 2.53. The summed E-state index contributed by atoms with van der Waals surface area (Å²) in [4.78, 5) is 14.2. The minimum Gasteiger partial charge on any atom is -0.369 e. The summed E-state index contributed by atoms with van der Waals surface area (Å²) < 4.78 is 7.57. The molecule has 2 aromatic heterocycles. The van der Waals surface area contributed by atoms with Gasteiger partial charge in [-0.3, -0.25) is 4.79 Å². The molecule has 0 aliphatic carbocycles. The van der Waals surface area contributed by atoms with Crippen LogP contribution in [-0.4, -0.2) is 20.7 Å². The number of H-pyrrole nitrogens is 1. The first-order valence-electron chi connectivity index (χ1n) is 6.87. The van der Waals surface area contributed by atoms with E-state index < -0.39 is 0 Å². The fourth-order valence-electron chi connectivity index (χ4n) is 2.63. The van der Waals surface area contributed by atoms with Gasteiger partial charge >= 0.3 is 0 Å². The number of hydrogen-bond acceptors (Lipinski definition) is 3. The molecule has 0 bridgehead atoms. The van der Waals surface area contributed by atoms with Gasteiger partial charge in [-0.2, -0.15) is 5.10 Å². The lowest BCUT2D eigenvalue weighted by Gasteiger charge is -2.14. The molecule has 0 aromatic carbocycles. The molecule has 3 unspecified atom stereocenters. The molecule has 1 aliphatic rings. The first-order valence-corrected chi connectivity index (χ1v) is 6.87. The summed E-state index contributed by atoms with van der Waals surface area (Å²) in [6, 6.07) is 3.72. The summed E-state index contributed by atoms with van der Waals surface area (Å²) in [6.07, 6.45) is 2.76. The number of aromatic amines is 1. The summed E-state index contributed by atoms with van der Waals surface area (Å²) in [5.41, 5.74) is 1.41. The van der Waals surface area contributed by atoms with Crippen molar-refractivity contribution in [2.45, 2.75) is 46.3 Å². The van der Waals surface area contributed by atoms with Crippen molar-refractivity contribution in [2.24, 2.45) is 5.92 Å². The first kappa shape index (κ1) is 13.8. The number of nitrogens with one attached hydrogen (secondary N) is 1. The fraction of sp³-hybridized carbons (Fsp3) is 0.571. The second kappa shape index (κ2) is 5.57. The maximum Gasteiger partial charge on any atom is 0.275 e. The van der Waals surface area contributed by atoms with E-state index in [2.05, 4.69) is 23.9 Å². The van der Waals surface area contributed by atoms with Crippen LogP contribution in [0, 0.1) is 5.92 Å². The van der Waals surface area contributed by atoms with Gasteiger partial charge in [0, 0.05) is 0 Å². The van der Waals surface area contributed by atoms with Crippen molar-refractivity contribution in [3.63, 3.8) is 0 Å². The number of rotatable bonds is 1. The second-order valence-corrected chi connectivity index (χ2v) is 4.75. The smallest absolute Gasteiger partial charge is 0.275 e. The average Bonchev–Trinajstić information content (AvgIpc) is 2.96. The number of fused-ring (bicyclic) bond motifs is 1. The Bertz CT molecular complexity index is 602. The second-order valence-electron chi connectivity index (χ2n) is 4.75. The van der Waals surface area contributed by atoms with E-state index in [0.29, 0.717) is 11.4 Å². The average molecular weight is 263 g/mol. The van der Waals surface area contributed by atoms with Gasteiger partial charge in [0.1, 0.15) is 17.9 Å². The molecule has 1 fully saturated rings. The molecular weight excluding hydrogens is 242 g/mol. The predicted molar refractivity (Wildman–Crippen MR) is 74.2 cm³/mol. The van der Waals surface area contributed by atoms with Crippen LogP contribution in [0.5, 0.6) is 0 Å². The third-order valence-electron chi connectivity index (χ3n) is 3.38. The van der Waals surface area contributed by atoms with Crippen LogP contribution in [0.25, 0.3) is 5.52 Å². The van der Waals surface area contributed by atoms with E-state index in [9.17, 15) is 4.79 Å². The molecule has 3 heterocycles. The highest BCUT2D eigenvalue weighted by Crippen LogP contribution is 2.37. The highest BCUT2D eigenvalue weighted by Gasteiger charge is 2.32. The Balaban J connectivity index is 0.000000637. The maximum absolute atomic E-state index is 11.6. The molecule has 0 spiro atoms. The van der Waals surface area contributed by atoms with Crippen LogP contribution in [-0.2, 0) is 4.74 Å². The molecule has 0 saturated carbocycles. The zero-order valence-electron chi connectivity index (χ0n) is 11.9. The molecule has 0 radical (unpaired) electrons. The quantitative estimate of drug-likeness (QED) is 0.860. The SMILES string of the molecule is CC.CC1CC(C)C(c2ccc3c(=O)[nH]cnn23)O1. The highest BCUT2D eigenvalue weighted by molar-refractivity contribution is 5.46. The summed E-state index contributed by atoms with van der Waals surface area (Å²) in [7, 11) is 0. The van der Waals surface area contributed by atoms with Crippen LogP contribution in [0.3, 0.4) is 0 Å². The molecule has 1 N–H and O–H groups in total.